The zero-order valence-corrected chi connectivity index (χ0v) is 9.53. The highest BCUT2D eigenvalue weighted by molar-refractivity contribution is 7.99. The predicted molar refractivity (Wildman–Crippen MR) is 62.6 cm³/mol. The van der Waals surface area contributed by atoms with Crippen molar-refractivity contribution in [3.8, 4) is 0 Å². The maximum absolute atomic E-state index is 7.48. The third kappa shape index (κ3) is 2.06. The Labute approximate surface area is 97.2 Å². The largest absolute Gasteiger partial charge is 0.384 e. The molecule has 0 unspecified atom stereocenters. The van der Waals surface area contributed by atoms with Crippen LogP contribution in [0.2, 0.25) is 0 Å². The number of hydrogen-bond donors (Lipinski definition) is 2. The molecule has 2 aromatic rings. The molecule has 0 atom stereocenters. The Balaban J connectivity index is 2.35. The van der Waals surface area contributed by atoms with Crippen LogP contribution >= 0.6 is 11.8 Å². The lowest BCUT2D eigenvalue weighted by Crippen LogP contribution is -2.12. The monoisotopic (exact) mass is 233 g/mol. The van der Waals surface area contributed by atoms with Gasteiger partial charge in [-0.05, 0) is 17.8 Å². The highest BCUT2D eigenvalue weighted by Gasteiger charge is 2.09. The molecule has 6 heteroatoms. The summed E-state index contributed by atoms with van der Waals surface area (Å²) < 4.78 is 1.68. The SMILES string of the molecule is Cn1ncnc1Sc1ccccc1C(=N)N. The van der Waals surface area contributed by atoms with Crippen molar-refractivity contribution in [3.05, 3.63) is 36.2 Å². The number of nitrogens with two attached hydrogens (primary N) is 1. The van der Waals surface area contributed by atoms with E-state index in [2.05, 4.69) is 10.1 Å². The number of benzene rings is 1. The van der Waals surface area contributed by atoms with Gasteiger partial charge in [0, 0.05) is 17.5 Å². The highest BCUT2D eigenvalue weighted by Crippen LogP contribution is 2.27. The number of aryl methyl sites for hydroxylation is 1. The van der Waals surface area contributed by atoms with Crippen molar-refractivity contribution < 1.29 is 0 Å². The summed E-state index contributed by atoms with van der Waals surface area (Å²) >= 11 is 1.44. The first-order valence-corrected chi connectivity index (χ1v) is 5.45. The molecule has 0 radical (unpaired) electrons. The zero-order chi connectivity index (χ0) is 11.5. The number of rotatable bonds is 3. The van der Waals surface area contributed by atoms with Crippen LogP contribution in [0.5, 0.6) is 0 Å². The van der Waals surface area contributed by atoms with Gasteiger partial charge >= 0.3 is 0 Å². The Morgan fingerprint density at radius 2 is 2.19 bits per heavy atom. The molecule has 82 valence electrons. The van der Waals surface area contributed by atoms with Crippen molar-refractivity contribution in [2.45, 2.75) is 10.1 Å². The molecule has 0 saturated carbocycles. The van der Waals surface area contributed by atoms with Gasteiger partial charge in [-0.15, -0.1) is 0 Å². The third-order valence-corrected chi connectivity index (χ3v) is 3.18. The summed E-state index contributed by atoms with van der Waals surface area (Å²) in [5, 5.41) is 12.2. The normalized spacial score (nSPS) is 10.3. The smallest absolute Gasteiger partial charge is 0.190 e. The molecule has 0 saturated heterocycles. The Bertz CT molecular complexity index is 519. The van der Waals surface area contributed by atoms with Crippen LogP contribution in [-0.4, -0.2) is 20.6 Å². The number of nitrogen functional groups attached to an aromatic ring is 1. The second kappa shape index (κ2) is 4.36. The van der Waals surface area contributed by atoms with Gasteiger partial charge in [0.25, 0.3) is 0 Å². The number of nitrogens with zero attached hydrogens (tertiary/aromatic N) is 3. The number of hydrogen-bond acceptors (Lipinski definition) is 4. The van der Waals surface area contributed by atoms with Crippen molar-refractivity contribution in [1.29, 1.82) is 5.41 Å². The molecule has 0 aliphatic rings. The van der Waals surface area contributed by atoms with E-state index in [1.807, 2.05) is 31.3 Å². The molecule has 1 heterocycles. The van der Waals surface area contributed by atoms with E-state index >= 15 is 0 Å². The molecule has 0 bridgehead atoms. The molecule has 16 heavy (non-hydrogen) atoms. The minimum Gasteiger partial charge on any atom is -0.384 e. The van der Waals surface area contributed by atoms with Crippen LogP contribution in [-0.2, 0) is 7.05 Å². The van der Waals surface area contributed by atoms with Gasteiger partial charge in [-0.1, -0.05) is 18.2 Å². The first-order chi connectivity index (χ1) is 7.68. The van der Waals surface area contributed by atoms with Crippen molar-refractivity contribution in [2.24, 2.45) is 12.8 Å². The molecule has 0 spiro atoms. The molecule has 3 N–H and O–H groups in total. The fourth-order valence-electron chi connectivity index (χ4n) is 1.25. The van der Waals surface area contributed by atoms with Crippen LogP contribution in [0.4, 0.5) is 0 Å². The summed E-state index contributed by atoms with van der Waals surface area (Å²) in [6.07, 6.45) is 1.50. The van der Waals surface area contributed by atoms with Gasteiger partial charge in [0.05, 0.1) is 0 Å². The van der Waals surface area contributed by atoms with Crippen molar-refractivity contribution in [3.63, 3.8) is 0 Å². The van der Waals surface area contributed by atoms with E-state index in [1.165, 1.54) is 18.1 Å². The lowest BCUT2D eigenvalue weighted by molar-refractivity contribution is 0.685. The Hall–Kier alpha value is -1.82. The minimum atomic E-state index is 0.0604. The topological polar surface area (TPSA) is 80.6 Å². The summed E-state index contributed by atoms with van der Waals surface area (Å²) in [6, 6.07) is 7.50. The minimum absolute atomic E-state index is 0.0604. The second-order valence-electron chi connectivity index (χ2n) is 3.18. The molecule has 1 aromatic heterocycles. The van der Waals surface area contributed by atoms with Crippen LogP contribution in [0, 0.1) is 5.41 Å². The van der Waals surface area contributed by atoms with E-state index in [-0.39, 0.29) is 5.84 Å². The Kier molecular flexibility index (Phi) is 2.91. The summed E-state index contributed by atoms with van der Waals surface area (Å²) in [5.74, 6) is 0.0604. The van der Waals surface area contributed by atoms with E-state index in [0.29, 0.717) is 0 Å². The van der Waals surface area contributed by atoms with Gasteiger partial charge in [-0.2, -0.15) is 5.10 Å². The molecule has 5 nitrogen and oxygen atoms in total. The van der Waals surface area contributed by atoms with Gasteiger partial charge in [0.15, 0.2) is 5.16 Å². The predicted octanol–water partition coefficient (Wildman–Crippen LogP) is 1.25. The molecule has 1 aromatic carbocycles. The van der Waals surface area contributed by atoms with E-state index in [9.17, 15) is 0 Å². The van der Waals surface area contributed by atoms with Crippen molar-refractivity contribution >= 4 is 17.6 Å². The average Bonchev–Trinajstić information content (AvgIpc) is 2.65. The van der Waals surface area contributed by atoms with Crippen LogP contribution in [0.1, 0.15) is 5.56 Å². The molecule has 0 aliphatic carbocycles. The van der Waals surface area contributed by atoms with E-state index < -0.39 is 0 Å². The van der Waals surface area contributed by atoms with Crippen molar-refractivity contribution in [2.75, 3.05) is 0 Å². The molecule has 0 fully saturated rings. The second-order valence-corrected chi connectivity index (χ2v) is 4.19. The molecular formula is C10H11N5S. The standard InChI is InChI=1S/C10H11N5S/c1-15-10(13-6-14-15)16-8-5-3-2-4-7(8)9(11)12/h2-6H,1H3,(H3,11,12). The van der Waals surface area contributed by atoms with Crippen LogP contribution in [0.15, 0.2) is 40.6 Å². The first kappa shape index (κ1) is 10.7. The van der Waals surface area contributed by atoms with Gasteiger partial charge in [-0.3, -0.25) is 5.41 Å². The average molecular weight is 233 g/mol. The zero-order valence-electron chi connectivity index (χ0n) is 8.71. The fraction of sp³-hybridized carbons (Fsp3) is 0.100. The molecule has 2 rings (SSSR count). The highest BCUT2D eigenvalue weighted by atomic mass is 32.2. The van der Waals surface area contributed by atoms with Gasteiger partial charge in [0.2, 0.25) is 0 Å². The number of amidine groups is 1. The summed E-state index contributed by atoms with van der Waals surface area (Å²) in [5.41, 5.74) is 6.23. The van der Waals surface area contributed by atoms with Gasteiger partial charge < -0.3 is 5.73 Å². The summed E-state index contributed by atoms with van der Waals surface area (Å²) in [7, 11) is 1.83. The summed E-state index contributed by atoms with van der Waals surface area (Å²) in [4.78, 5) is 5.02. The van der Waals surface area contributed by atoms with Crippen molar-refractivity contribution in [1.82, 2.24) is 14.8 Å². The third-order valence-electron chi connectivity index (χ3n) is 2.05. The summed E-state index contributed by atoms with van der Waals surface area (Å²) in [6.45, 7) is 0. The molecule has 0 amide bonds. The molecule has 0 aliphatic heterocycles. The van der Waals surface area contributed by atoms with E-state index in [0.717, 1.165) is 15.6 Å². The lowest BCUT2D eigenvalue weighted by Gasteiger charge is -2.06. The number of aromatic nitrogens is 3. The Morgan fingerprint density at radius 1 is 1.44 bits per heavy atom. The van der Waals surface area contributed by atoms with Crippen LogP contribution in [0.25, 0.3) is 0 Å². The maximum Gasteiger partial charge on any atom is 0.190 e. The lowest BCUT2D eigenvalue weighted by atomic mass is 10.2. The maximum atomic E-state index is 7.48. The quantitative estimate of drug-likeness (QED) is 0.617. The van der Waals surface area contributed by atoms with Crippen LogP contribution in [0.3, 0.4) is 0 Å². The Morgan fingerprint density at radius 3 is 2.81 bits per heavy atom. The van der Waals surface area contributed by atoms with Gasteiger partial charge in [-0.25, -0.2) is 9.67 Å². The van der Waals surface area contributed by atoms with Gasteiger partial charge in [0.1, 0.15) is 12.2 Å². The van der Waals surface area contributed by atoms with E-state index in [1.54, 1.807) is 4.68 Å². The van der Waals surface area contributed by atoms with Crippen LogP contribution < -0.4 is 5.73 Å². The van der Waals surface area contributed by atoms with E-state index in [4.69, 9.17) is 11.1 Å². The molecular weight excluding hydrogens is 222 g/mol. The first-order valence-electron chi connectivity index (χ1n) is 4.64. The number of nitrogens with one attached hydrogen (secondary N) is 1. The fourth-order valence-corrected chi connectivity index (χ4v) is 2.16.